The van der Waals surface area contributed by atoms with Crippen LogP contribution >= 0.6 is 0 Å². The number of pyridine rings is 1. The van der Waals surface area contributed by atoms with Gasteiger partial charge in [-0.2, -0.15) is 0 Å². The number of ether oxygens (including phenoxy) is 2. The van der Waals surface area contributed by atoms with Gasteiger partial charge in [-0.05, 0) is 23.8 Å². The molecule has 1 aromatic carbocycles. The minimum atomic E-state index is -0.452. The maximum absolute atomic E-state index is 11.8. The van der Waals surface area contributed by atoms with Crippen LogP contribution in [0, 0.1) is 0 Å². The molecule has 5 nitrogen and oxygen atoms in total. The quantitative estimate of drug-likeness (QED) is 0.853. The molecule has 1 heterocycles. The molecule has 98 valence electrons. The molecular formula is C14H14N2O3. The van der Waals surface area contributed by atoms with Crippen LogP contribution in [-0.2, 0) is 4.74 Å². The zero-order chi connectivity index (χ0) is 13.8. The van der Waals surface area contributed by atoms with E-state index in [1.54, 1.807) is 13.3 Å². The maximum Gasteiger partial charge on any atom is 0.338 e. The zero-order valence-electron chi connectivity index (χ0n) is 10.7. The number of aromatic nitrogens is 1. The van der Waals surface area contributed by atoms with Crippen molar-refractivity contribution in [1.29, 1.82) is 0 Å². The summed E-state index contributed by atoms with van der Waals surface area (Å²) in [5.41, 5.74) is 7.45. The average molecular weight is 258 g/mol. The summed E-state index contributed by atoms with van der Waals surface area (Å²) in [5, 5.41) is 0. The van der Waals surface area contributed by atoms with Gasteiger partial charge in [0, 0.05) is 11.8 Å². The van der Waals surface area contributed by atoms with Crippen molar-refractivity contribution >= 4 is 11.8 Å². The fraction of sp³-hybridized carbons (Fsp3) is 0.143. The molecule has 2 N–H and O–H groups in total. The summed E-state index contributed by atoms with van der Waals surface area (Å²) in [4.78, 5) is 15.8. The van der Waals surface area contributed by atoms with Crippen LogP contribution in [-0.4, -0.2) is 25.2 Å². The summed E-state index contributed by atoms with van der Waals surface area (Å²) in [6.07, 6.45) is 1.55. The van der Waals surface area contributed by atoms with E-state index in [-0.39, 0.29) is 5.82 Å². The topological polar surface area (TPSA) is 74.4 Å². The number of methoxy groups -OCH3 is 2. The molecular weight excluding hydrogens is 244 g/mol. The van der Waals surface area contributed by atoms with Gasteiger partial charge in [-0.1, -0.05) is 12.1 Å². The van der Waals surface area contributed by atoms with Gasteiger partial charge in [0.2, 0.25) is 0 Å². The highest BCUT2D eigenvalue weighted by Gasteiger charge is 2.14. The lowest BCUT2D eigenvalue weighted by molar-refractivity contribution is 0.0601. The van der Waals surface area contributed by atoms with Crippen molar-refractivity contribution in [2.75, 3.05) is 20.0 Å². The predicted octanol–water partition coefficient (Wildman–Crippen LogP) is 2.13. The molecule has 0 fully saturated rings. The number of nitrogens with zero attached hydrogens (tertiary/aromatic N) is 1. The largest absolute Gasteiger partial charge is 0.497 e. The Morgan fingerprint density at radius 3 is 2.74 bits per heavy atom. The highest BCUT2D eigenvalue weighted by Crippen LogP contribution is 2.27. The van der Waals surface area contributed by atoms with Gasteiger partial charge >= 0.3 is 5.97 Å². The Bertz CT molecular complexity index is 611. The number of hydrogen-bond donors (Lipinski definition) is 1. The van der Waals surface area contributed by atoms with Gasteiger partial charge in [-0.15, -0.1) is 0 Å². The van der Waals surface area contributed by atoms with Gasteiger partial charge < -0.3 is 15.2 Å². The second-order valence-corrected chi connectivity index (χ2v) is 3.88. The van der Waals surface area contributed by atoms with Crippen molar-refractivity contribution in [3.8, 4) is 16.9 Å². The second kappa shape index (κ2) is 5.39. The van der Waals surface area contributed by atoms with Gasteiger partial charge in [0.1, 0.15) is 11.6 Å². The number of carbonyl (C=O) groups is 1. The fourth-order valence-corrected chi connectivity index (χ4v) is 1.77. The van der Waals surface area contributed by atoms with E-state index in [9.17, 15) is 4.79 Å². The third kappa shape index (κ3) is 2.65. The van der Waals surface area contributed by atoms with Crippen molar-refractivity contribution in [2.45, 2.75) is 0 Å². The molecule has 0 atom stereocenters. The smallest absolute Gasteiger partial charge is 0.338 e. The number of carbonyl (C=O) groups excluding carboxylic acids is 1. The first kappa shape index (κ1) is 12.9. The van der Waals surface area contributed by atoms with Crippen molar-refractivity contribution in [2.24, 2.45) is 0 Å². The Morgan fingerprint density at radius 1 is 1.26 bits per heavy atom. The van der Waals surface area contributed by atoms with Crippen molar-refractivity contribution in [3.63, 3.8) is 0 Å². The molecule has 2 rings (SSSR count). The molecule has 0 saturated carbocycles. The van der Waals surface area contributed by atoms with Gasteiger partial charge in [-0.25, -0.2) is 9.78 Å². The number of rotatable bonds is 3. The van der Waals surface area contributed by atoms with Crippen LogP contribution in [0.4, 0.5) is 5.82 Å². The first-order chi connectivity index (χ1) is 9.15. The van der Waals surface area contributed by atoms with Gasteiger partial charge in [0.05, 0.1) is 19.8 Å². The lowest BCUT2D eigenvalue weighted by Crippen LogP contribution is -2.06. The number of nitrogen functional groups attached to an aromatic ring is 1. The maximum atomic E-state index is 11.8. The van der Waals surface area contributed by atoms with Crippen molar-refractivity contribution in [1.82, 2.24) is 4.98 Å². The summed E-state index contributed by atoms with van der Waals surface area (Å²) >= 11 is 0. The third-order valence-electron chi connectivity index (χ3n) is 2.71. The zero-order valence-corrected chi connectivity index (χ0v) is 10.7. The normalized spacial score (nSPS) is 10.0. The molecule has 0 amide bonds. The molecule has 0 aliphatic rings. The molecule has 1 aromatic heterocycles. The highest BCUT2D eigenvalue weighted by atomic mass is 16.5. The molecule has 2 aromatic rings. The van der Waals surface area contributed by atoms with Crippen LogP contribution in [0.2, 0.25) is 0 Å². The van der Waals surface area contributed by atoms with E-state index in [4.69, 9.17) is 15.2 Å². The Hall–Kier alpha value is -2.56. The van der Waals surface area contributed by atoms with E-state index in [1.165, 1.54) is 13.2 Å². The van der Waals surface area contributed by atoms with Crippen molar-refractivity contribution in [3.05, 3.63) is 42.1 Å². The minimum Gasteiger partial charge on any atom is -0.497 e. The number of nitrogens with two attached hydrogens (primary N) is 1. The second-order valence-electron chi connectivity index (χ2n) is 3.88. The van der Waals surface area contributed by atoms with Gasteiger partial charge in [0.15, 0.2) is 0 Å². The van der Waals surface area contributed by atoms with Crippen LogP contribution < -0.4 is 10.5 Å². The molecule has 0 bridgehead atoms. The number of anilines is 1. The van der Waals surface area contributed by atoms with Crippen LogP contribution in [0.15, 0.2) is 36.5 Å². The first-order valence-electron chi connectivity index (χ1n) is 5.64. The van der Waals surface area contributed by atoms with Crippen LogP contribution in [0.25, 0.3) is 11.1 Å². The number of hydrogen-bond acceptors (Lipinski definition) is 5. The van der Waals surface area contributed by atoms with Gasteiger partial charge in [0.25, 0.3) is 0 Å². The molecule has 19 heavy (non-hydrogen) atoms. The highest BCUT2D eigenvalue weighted by molar-refractivity contribution is 5.97. The standard InChI is InChI=1S/C14H14N2O3/c1-18-10-5-3-4-9(6-10)12-8-16-13(15)7-11(12)14(17)19-2/h3-8H,1-2H3,(H2,15,16). The Morgan fingerprint density at radius 2 is 2.05 bits per heavy atom. The van der Waals surface area contributed by atoms with E-state index < -0.39 is 5.97 Å². The van der Waals surface area contributed by atoms with E-state index in [0.717, 1.165) is 5.56 Å². The number of esters is 1. The number of benzene rings is 1. The van der Waals surface area contributed by atoms with Crippen molar-refractivity contribution < 1.29 is 14.3 Å². The molecule has 0 aliphatic heterocycles. The molecule has 0 radical (unpaired) electrons. The first-order valence-corrected chi connectivity index (χ1v) is 5.64. The lowest BCUT2D eigenvalue weighted by atomic mass is 10.0. The Labute approximate surface area is 111 Å². The summed E-state index contributed by atoms with van der Waals surface area (Å²) < 4.78 is 9.92. The van der Waals surface area contributed by atoms with Crippen LogP contribution in [0.3, 0.4) is 0 Å². The van der Waals surface area contributed by atoms with E-state index in [1.807, 2.05) is 24.3 Å². The SMILES string of the molecule is COC(=O)c1cc(N)ncc1-c1cccc(OC)c1. The average Bonchev–Trinajstić information content (AvgIpc) is 2.46. The van der Waals surface area contributed by atoms with Crippen LogP contribution in [0.5, 0.6) is 5.75 Å². The lowest BCUT2D eigenvalue weighted by Gasteiger charge is -2.09. The predicted molar refractivity (Wildman–Crippen MR) is 72.0 cm³/mol. The van der Waals surface area contributed by atoms with E-state index >= 15 is 0 Å². The van der Waals surface area contributed by atoms with Crippen LogP contribution in [0.1, 0.15) is 10.4 Å². The molecule has 0 saturated heterocycles. The van der Waals surface area contributed by atoms with E-state index in [2.05, 4.69) is 4.98 Å². The Kier molecular flexibility index (Phi) is 3.66. The summed E-state index contributed by atoms with van der Waals surface area (Å²) in [7, 11) is 2.91. The monoisotopic (exact) mass is 258 g/mol. The van der Waals surface area contributed by atoms with Gasteiger partial charge in [-0.3, -0.25) is 0 Å². The fourth-order valence-electron chi connectivity index (χ4n) is 1.77. The Balaban J connectivity index is 2.57. The molecule has 0 spiro atoms. The molecule has 5 heteroatoms. The van der Waals surface area contributed by atoms with E-state index in [0.29, 0.717) is 16.9 Å². The third-order valence-corrected chi connectivity index (χ3v) is 2.71. The summed E-state index contributed by atoms with van der Waals surface area (Å²) in [6.45, 7) is 0. The minimum absolute atomic E-state index is 0.270. The molecule has 0 aliphatic carbocycles. The summed E-state index contributed by atoms with van der Waals surface area (Å²) in [6, 6.07) is 8.85. The summed E-state index contributed by atoms with van der Waals surface area (Å²) in [5.74, 6) is 0.518. The molecule has 0 unspecified atom stereocenters.